The van der Waals surface area contributed by atoms with E-state index in [1.807, 2.05) is 13.8 Å². The monoisotopic (exact) mass is 561 g/mol. The van der Waals surface area contributed by atoms with Crippen LogP contribution < -0.4 is 9.62 Å². The average molecular weight is 563 g/mol. The van der Waals surface area contributed by atoms with Crippen molar-refractivity contribution >= 4 is 62.3 Å². The van der Waals surface area contributed by atoms with Gasteiger partial charge in [-0.3, -0.25) is 13.9 Å². The van der Waals surface area contributed by atoms with Crippen LogP contribution in [0.4, 0.5) is 5.69 Å². The number of benzene rings is 2. The highest BCUT2D eigenvalue weighted by Gasteiger charge is 2.29. The van der Waals surface area contributed by atoms with Gasteiger partial charge in [0.1, 0.15) is 6.04 Å². The zero-order valence-corrected chi connectivity index (χ0v) is 23.0. The molecule has 0 radical (unpaired) electrons. The zero-order chi connectivity index (χ0) is 26.2. The van der Waals surface area contributed by atoms with E-state index in [9.17, 15) is 18.0 Å². The Balaban J connectivity index is 2.24. The number of hydrogen-bond acceptors (Lipinski definition) is 4. The fraction of sp³-hybridized carbons (Fsp3) is 0.417. The highest BCUT2D eigenvalue weighted by Crippen LogP contribution is 2.25. The molecule has 0 aliphatic carbocycles. The summed E-state index contributed by atoms with van der Waals surface area (Å²) in [4.78, 5) is 27.6. The first kappa shape index (κ1) is 29.2. The van der Waals surface area contributed by atoms with Crippen LogP contribution in [0.5, 0.6) is 0 Å². The Morgan fingerprint density at radius 2 is 1.71 bits per heavy atom. The third-order valence-corrected chi connectivity index (χ3v) is 7.36. The third kappa shape index (κ3) is 8.56. The van der Waals surface area contributed by atoms with Gasteiger partial charge in [0.05, 0.1) is 11.9 Å². The lowest BCUT2D eigenvalue weighted by Gasteiger charge is -2.31. The van der Waals surface area contributed by atoms with Crippen LogP contribution in [0.3, 0.4) is 0 Å². The minimum absolute atomic E-state index is 0.0354. The van der Waals surface area contributed by atoms with Gasteiger partial charge >= 0.3 is 0 Å². The van der Waals surface area contributed by atoms with Crippen LogP contribution in [0, 0.1) is 0 Å². The Labute approximate surface area is 222 Å². The van der Waals surface area contributed by atoms with Gasteiger partial charge in [-0.2, -0.15) is 0 Å². The number of carbonyl (C=O) groups is 2. The van der Waals surface area contributed by atoms with Crippen LogP contribution in [-0.4, -0.2) is 50.5 Å². The Hall–Kier alpha value is -2.00. The molecule has 2 aromatic carbocycles. The van der Waals surface area contributed by atoms with Crippen LogP contribution in [0.15, 0.2) is 42.5 Å². The molecule has 192 valence electrons. The van der Waals surface area contributed by atoms with Gasteiger partial charge in [0.25, 0.3) is 0 Å². The summed E-state index contributed by atoms with van der Waals surface area (Å²) in [6.45, 7) is 4.27. The average Bonchev–Trinajstić information content (AvgIpc) is 2.77. The topological polar surface area (TPSA) is 86.8 Å². The fourth-order valence-corrected chi connectivity index (χ4v) is 5.29. The molecule has 0 spiro atoms. The van der Waals surface area contributed by atoms with E-state index in [0.717, 1.165) is 6.26 Å². The smallest absolute Gasteiger partial charge is 0.242 e. The number of sulfonamides is 1. The number of halogens is 3. The standard InChI is InChI=1S/C24H30Cl3N3O4S/c1-4-22(24(32)28-5-2)29(16-17-11-12-19(26)15-21(17)27)23(31)10-7-13-30(35(3,33)34)20-9-6-8-18(25)14-20/h6,8-9,11-12,14-15,22H,4-5,7,10,13,16H2,1-3H3,(H,28,32)/t22-/m0/s1. The van der Waals surface area contributed by atoms with E-state index in [-0.39, 0.29) is 37.7 Å². The van der Waals surface area contributed by atoms with Gasteiger partial charge in [-0.25, -0.2) is 8.42 Å². The molecule has 0 aliphatic rings. The van der Waals surface area contributed by atoms with Gasteiger partial charge in [0.15, 0.2) is 0 Å². The predicted molar refractivity (Wildman–Crippen MR) is 143 cm³/mol. The quantitative estimate of drug-likeness (QED) is 0.388. The van der Waals surface area contributed by atoms with Crippen molar-refractivity contribution < 1.29 is 18.0 Å². The molecule has 0 aromatic heterocycles. The van der Waals surface area contributed by atoms with Crippen molar-refractivity contribution in [1.29, 1.82) is 0 Å². The Morgan fingerprint density at radius 1 is 1.03 bits per heavy atom. The van der Waals surface area contributed by atoms with Gasteiger partial charge in [-0.1, -0.05) is 53.9 Å². The minimum atomic E-state index is -3.60. The largest absolute Gasteiger partial charge is 0.355 e. The maximum Gasteiger partial charge on any atom is 0.242 e. The lowest BCUT2D eigenvalue weighted by Crippen LogP contribution is -2.49. The Morgan fingerprint density at radius 3 is 2.29 bits per heavy atom. The first-order valence-electron chi connectivity index (χ1n) is 11.2. The van der Waals surface area contributed by atoms with E-state index < -0.39 is 16.1 Å². The molecule has 11 heteroatoms. The third-order valence-electron chi connectivity index (χ3n) is 5.34. The second-order valence-corrected chi connectivity index (χ2v) is 11.2. The summed E-state index contributed by atoms with van der Waals surface area (Å²) in [6.07, 6.45) is 1.79. The number of hydrogen-bond donors (Lipinski definition) is 1. The minimum Gasteiger partial charge on any atom is -0.355 e. The number of nitrogens with one attached hydrogen (secondary N) is 1. The molecular weight excluding hydrogens is 533 g/mol. The van der Waals surface area contributed by atoms with E-state index >= 15 is 0 Å². The molecule has 35 heavy (non-hydrogen) atoms. The number of anilines is 1. The summed E-state index contributed by atoms with van der Waals surface area (Å²) in [5, 5.41) is 4.04. The van der Waals surface area contributed by atoms with Crippen LogP contribution in [-0.2, 0) is 26.2 Å². The molecule has 1 N–H and O–H groups in total. The lowest BCUT2D eigenvalue weighted by molar-refractivity contribution is -0.141. The Bertz CT molecular complexity index is 1140. The van der Waals surface area contributed by atoms with Gasteiger partial charge in [0.2, 0.25) is 21.8 Å². The summed E-state index contributed by atoms with van der Waals surface area (Å²) < 4.78 is 26.0. The van der Waals surface area contributed by atoms with Crippen molar-refractivity contribution in [1.82, 2.24) is 10.2 Å². The highest BCUT2D eigenvalue weighted by atomic mass is 35.5. The predicted octanol–water partition coefficient (Wildman–Crippen LogP) is 5.14. The van der Waals surface area contributed by atoms with E-state index in [2.05, 4.69) is 5.32 Å². The van der Waals surface area contributed by atoms with Crippen LogP contribution in [0.1, 0.15) is 38.7 Å². The van der Waals surface area contributed by atoms with Crippen LogP contribution in [0.2, 0.25) is 15.1 Å². The highest BCUT2D eigenvalue weighted by molar-refractivity contribution is 7.92. The summed E-state index contributed by atoms with van der Waals surface area (Å²) in [7, 11) is -3.60. The molecule has 0 saturated heterocycles. The summed E-state index contributed by atoms with van der Waals surface area (Å²) in [5.74, 6) is -0.543. The molecule has 2 amide bonds. The molecule has 0 bridgehead atoms. The molecule has 2 rings (SSSR count). The first-order chi connectivity index (χ1) is 16.5. The number of carbonyl (C=O) groups excluding carboxylic acids is 2. The fourth-order valence-electron chi connectivity index (χ4n) is 3.68. The van der Waals surface area contributed by atoms with Crippen molar-refractivity contribution in [3.8, 4) is 0 Å². The second kappa shape index (κ2) is 13.3. The summed E-state index contributed by atoms with van der Waals surface area (Å²) >= 11 is 18.4. The number of nitrogens with zero attached hydrogens (tertiary/aromatic N) is 2. The number of rotatable bonds is 12. The molecule has 7 nitrogen and oxygen atoms in total. The molecule has 0 saturated carbocycles. The van der Waals surface area contributed by atoms with Crippen molar-refractivity contribution in [3.05, 3.63) is 63.1 Å². The molecule has 0 heterocycles. The molecule has 1 atom stereocenters. The van der Waals surface area contributed by atoms with E-state index in [0.29, 0.717) is 39.3 Å². The SMILES string of the molecule is CCNC(=O)[C@H](CC)N(Cc1ccc(Cl)cc1Cl)C(=O)CCCN(c1cccc(Cl)c1)S(C)(=O)=O. The Kier molecular flexibility index (Phi) is 11.1. The molecule has 0 aliphatic heterocycles. The van der Waals surface area contributed by atoms with Crippen molar-refractivity contribution in [3.63, 3.8) is 0 Å². The maximum atomic E-state index is 13.3. The second-order valence-electron chi connectivity index (χ2n) is 7.99. The maximum absolute atomic E-state index is 13.3. The van der Waals surface area contributed by atoms with Gasteiger partial charge in [0, 0.05) is 41.1 Å². The molecular formula is C24H30Cl3N3O4S. The van der Waals surface area contributed by atoms with Crippen molar-refractivity contribution in [2.45, 2.75) is 45.7 Å². The molecule has 0 unspecified atom stereocenters. The van der Waals surface area contributed by atoms with E-state index in [1.165, 1.54) is 9.21 Å². The zero-order valence-electron chi connectivity index (χ0n) is 19.9. The first-order valence-corrected chi connectivity index (χ1v) is 14.2. The van der Waals surface area contributed by atoms with Crippen LogP contribution >= 0.6 is 34.8 Å². The lowest BCUT2D eigenvalue weighted by atomic mass is 10.1. The number of amides is 2. The normalized spacial score (nSPS) is 12.2. The van der Waals surface area contributed by atoms with Crippen molar-refractivity contribution in [2.75, 3.05) is 23.7 Å². The van der Waals surface area contributed by atoms with Gasteiger partial charge in [-0.15, -0.1) is 0 Å². The van der Waals surface area contributed by atoms with E-state index in [1.54, 1.807) is 42.5 Å². The van der Waals surface area contributed by atoms with Gasteiger partial charge in [-0.05, 0) is 55.7 Å². The number of likely N-dealkylation sites (N-methyl/N-ethyl adjacent to an activating group) is 1. The molecule has 0 fully saturated rings. The summed E-state index contributed by atoms with van der Waals surface area (Å²) in [5.41, 5.74) is 1.08. The van der Waals surface area contributed by atoms with Crippen LogP contribution in [0.25, 0.3) is 0 Å². The molecule has 2 aromatic rings. The summed E-state index contributed by atoms with van der Waals surface area (Å²) in [6, 6.07) is 10.8. The van der Waals surface area contributed by atoms with Crippen molar-refractivity contribution in [2.24, 2.45) is 0 Å². The van der Waals surface area contributed by atoms with Gasteiger partial charge < -0.3 is 10.2 Å². The van der Waals surface area contributed by atoms with E-state index in [4.69, 9.17) is 34.8 Å².